The van der Waals surface area contributed by atoms with Gasteiger partial charge >= 0.3 is 6.18 Å². The van der Waals surface area contributed by atoms with Crippen LogP contribution in [0.4, 0.5) is 24.7 Å². The Bertz CT molecular complexity index is 1140. The molecule has 0 aliphatic carbocycles. The number of nitrogens with zero attached hydrogens (tertiary/aromatic N) is 2. The summed E-state index contributed by atoms with van der Waals surface area (Å²) in [7, 11) is 1.52. The highest BCUT2D eigenvalue weighted by Crippen LogP contribution is 2.43. The summed E-state index contributed by atoms with van der Waals surface area (Å²) in [5.74, 6) is 0.196. The van der Waals surface area contributed by atoms with Crippen molar-refractivity contribution in [3.63, 3.8) is 0 Å². The number of nitrogens with one attached hydrogen (secondary N) is 2. The van der Waals surface area contributed by atoms with Gasteiger partial charge in [0.2, 0.25) is 0 Å². The van der Waals surface area contributed by atoms with Crippen molar-refractivity contribution in [2.45, 2.75) is 38.5 Å². The van der Waals surface area contributed by atoms with Crippen LogP contribution in [0.5, 0.6) is 5.75 Å². The maximum Gasteiger partial charge on any atom is 0.410 e. The Labute approximate surface area is 183 Å². The van der Waals surface area contributed by atoms with Gasteiger partial charge in [0.15, 0.2) is 11.7 Å². The van der Waals surface area contributed by atoms with Crippen LogP contribution in [-0.4, -0.2) is 29.0 Å². The number of hydrogen-bond acceptors (Lipinski definition) is 4. The van der Waals surface area contributed by atoms with E-state index in [1.54, 1.807) is 36.4 Å². The molecule has 0 fully saturated rings. The van der Waals surface area contributed by atoms with Crippen molar-refractivity contribution in [3.05, 3.63) is 70.9 Å². The highest BCUT2D eigenvalue weighted by atomic mass is 19.4. The van der Waals surface area contributed by atoms with Crippen molar-refractivity contribution in [2.24, 2.45) is 0 Å². The fourth-order valence-corrected chi connectivity index (χ4v) is 3.81. The van der Waals surface area contributed by atoms with E-state index in [0.29, 0.717) is 17.0 Å². The lowest BCUT2D eigenvalue weighted by atomic mass is 9.97. The van der Waals surface area contributed by atoms with Gasteiger partial charge < -0.3 is 15.4 Å². The summed E-state index contributed by atoms with van der Waals surface area (Å²) >= 11 is 0. The average Bonchev–Trinajstić information content (AvgIpc) is 3.20. The number of benzene rings is 2. The Kier molecular flexibility index (Phi) is 5.58. The van der Waals surface area contributed by atoms with Crippen molar-refractivity contribution >= 4 is 17.4 Å². The monoisotopic (exact) mass is 444 g/mol. The fourth-order valence-electron chi connectivity index (χ4n) is 3.81. The number of aromatic nitrogens is 2. The van der Waals surface area contributed by atoms with Gasteiger partial charge in [0.05, 0.1) is 13.2 Å². The molecule has 0 radical (unpaired) electrons. The minimum atomic E-state index is -4.52. The number of anilines is 2. The summed E-state index contributed by atoms with van der Waals surface area (Å²) in [5.41, 5.74) is 3.08. The standard InChI is InChI=1S/C23H23F3N4O2/c1-13-5-4-6-17(14(13)2)28-22(31)19-12-21-27-18(15-7-9-16(32-3)10-8-15)11-20(23(24,25)26)30(21)29-19/h4-10,12,18,20,27H,11H2,1-3H3,(H,28,31)/t18-,20-/m1/s1. The highest BCUT2D eigenvalue weighted by Gasteiger charge is 2.46. The first-order valence-electron chi connectivity index (χ1n) is 10.1. The van der Waals surface area contributed by atoms with Crippen molar-refractivity contribution < 1.29 is 22.7 Å². The minimum absolute atomic E-state index is 0.0852. The number of halogens is 3. The molecule has 1 amide bonds. The third kappa shape index (κ3) is 4.15. The first-order chi connectivity index (χ1) is 15.2. The van der Waals surface area contributed by atoms with E-state index in [2.05, 4.69) is 15.7 Å². The number of carbonyl (C=O) groups excluding carboxylic acids is 1. The summed E-state index contributed by atoms with van der Waals surface area (Å²) in [4.78, 5) is 12.8. The Hall–Kier alpha value is -3.49. The molecule has 6 nitrogen and oxygen atoms in total. The van der Waals surface area contributed by atoms with Gasteiger partial charge in [0.25, 0.3) is 5.91 Å². The van der Waals surface area contributed by atoms with E-state index in [-0.39, 0.29) is 17.9 Å². The number of hydrogen-bond donors (Lipinski definition) is 2. The van der Waals surface area contributed by atoms with Gasteiger partial charge in [-0.3, -0.25) is 4.79 Å². The highest BCUT2D eigenvalue weighted by molar-refractivity contribution is 6.03. The zero-order chi connectivity index (χ0) is 23.0. The van der Waals surface area contributed by atoms with Crippen LogP contribution in [0.3, 0.4) is 0 Å². The molecular formula is C23H23F3N4O2. The number of carbonyl (C=O) groups is 1. The molecule has 9 heteroatoms. The maximum absolute atomic E-state index is 13.9. The third-order valence-electron chi connectivity index (χ3n) is 5.79. The molecule has 1 aliphatic rings. The van der Waals surface area contributed by atoms with Gasteiger partial charge in [-0.1, -0.05) is 24.3 Å². The van der Waals surface area contributed by atoms with Crippen molar-refractivity contribution in [1.82, 2.24) is 9.78 Å². The predicted molar refractivity (Wildman–Crippen MR) is 115 cm³/mol. The lowest BCUT2D eigenvalue weighted by Crippen LogP contribution is -2.35. The van der Waals surface area contributed by atoms with Crippen LogP contribution < -0.4 is 15.4 Å². The third-order valence-corrected chi connectivity index (χ3v) is 5.79. The second-order valence-electron chi connectivity index (χ2n) is 7.82. The van der Waals surface area contributed by atoms with Crippen molar-refractivity contribution in [1.29, 1.82) is 0 Å². The predicted octanol–water partition coefficient (Wildman–Crippen LogP) is 5.42. The van der Waals surface area contributed by atoms with Crippen LogP contribution in [0.2, 0.25) is 0 Å². The largest absolute Gasteiger partial charge is 0.497 e. The van der Waals surface area contributed by atoms with E-state index in [9.17, 15) is 18.0 Å². The molecule has 0 saturated heterocycles. The normalized spacial score (nSPS) is 17.9. The van der Waals surface area contributed by atoms with E-state index >= 15 is 0 Å². The molecule has 0 saturated carbocycles. The summed E-state index contributed by atoms with van der Waals surface area (Å²) in [5, 5.41) is 9.84. The average molecular weight is 444 g/mol. The maximum atomic E-state index is 13.9. The van der Waals surface area contributed by atoms with Crippen LogP contribution >= 0.6 is 0 Å². The van der Waals surface area contributed by atoms with E-state index in [4.69, 9.17) is 4.74 Å². The second kappa shape index (κ2) is 8.22. The number of fused-ring (bicyclic) bond motifs is 1. The molecule has 2 atom stereocenters. The SMILES string of the molecule is COc1ccc([C@H]2C[C@H](C(F)(F)F)n3nc(C(=O)Nc4cccc(C)c4C)cc3N2)cc1. The Morgan fingerprint density at radius 3 is 2.56 bits per heavy atom. The lowest BCUT2D eigenvalue weighted by molar-refractivity contribution is -0.173. The molecule has 2 N–H and O–H groups in total. The number of ether oxygens (including phenoxy) is 1. The van der Waals surface area contributed by atoms with E-state index in [1.807, 2.05) is 19.9 Å². The van der Waals surface area contributed by atoms with Crippen LogP contribution in [0.25, 0.3) is 0 Å². The van der Waals surface area contributed by atoms with Gasteiger partial charge in [-0.15, -0.1) is 0 Å². The number of amides is 1. The van der Waals surface area contributed by atoms with Gasteiger partial charge in [-0.05, 0) is 48.7 Å². The molecular weight excluding hydrogens is 421 g/mol. The lowest BCUT2D eigenvalue weighted by Gasteiger charge is -2.33. The van der Waals surface area contributed by atoms with Crippen molar-refractivity contribution in [2.75, 3.05) is 17.7 Å². The summed E-state index contributed by atoms with van der Waals surface area (Å²) < 4.78 is 47.6. The van der Waals surface area contributed by atoms with E-state index in [0.717, 1.165) is 15.8 Å². The number of rotatable bonds is 4. The molecule has 32 heavy (non-hydrogen) atoms. The molecule has 2 aromatic carbocycles. The van der Waals surface area contributed by atoms with E-state index in [1.165, 1.54) is 13.2 Å². The van der Waals surface area contributed by atoms with E-state index < -0.39 is 24.2 Å². The first-order valence-corrected chi connectivity index (χ1v) is 10.1. The molecule has 4 rings (SSSR count). The summed E-state index contributed by atoms with van der Waals surface area (Å²) in [6, 6.07) is 11.2. The zero-order valence-corrected chi connectivity index (χ0v) is 17.8. The first kappa shape index (κ1) is 21.7. The van der Waals surface area contributed by atoms with Gasteiger partial charge in [0, 0.05) is 18.2 Å². The molecule has 0 spiro atoms. The Morgan fingerprint density at radius 1 is 1.19 bits per heavy atom. The molecule has 0 bridgehead atoms. The molecule has 0 unspecified atom stereocenters. The Balaban J connectivity index is 1.64. The summed E-state index contributed by atoms with van der Waals surface area (Å²) in [6.07, 6.45) is -4.77. The Morgan fingerprint density at radius 2 is 1.91 bits per heavy atom. The van der Waals surface area contributed by atoms with Crippen LogP contribution in [0.1, 0.15) is 45.7 Å². The molecule has 2 heterocycles. The van der Waals surface area contributed by atoms with Gasteiger partial charge in [-0.25, -0.2) is 4.68 Å². The van der Waals surface area contributed by atoms with Gasteiger partial charge in [0.1, 0.15) is 11.6 Å². The second-order valence-corrected chi connectivity index (χ2v) is 7.82. The molecule has 1 aromatic heterocycles. The smallest absolute Gasteiger partial charge is 0.410 e. The number of alkyl halides is 3. The topological polar surface area (TPSA) is 68.2 Å². The zero-order valence-electron chi connectivity index (χ0n) is 17.8. The number of aryl methyl sites for hydroxylation is 1. The van der Waals surface area contributed by atoms with Crippen molar-refractivity contribution in [3.8, 4) is 5.75 Å². The minimum Gasteiger partial charge on any atom is -0.497 e. The van der Waals surface area contributed by atoms with Crippen LogP contribution in [0.15, 0.2) is 48.5 Å². The molecule has 168 valence electrons. The van der Waals surface area contributed by atoms with Gasteiger partial charge in [-0.2, -0.15) is 18.3 Å². The van der Waals surface area contributed by atoms with Crippen LogP contribution in [-0.2, 0) is 0 Å². The number of methoxy groups -OCH3 is 1. The fraction of sp³-hybridized carbons (Fsp3) is 0.304. The molecule has 3 aromatic rings. The molecule has 1 aliphatic heterocycles. The summed E-state index contributed by atoms with van der Waals surface area (Å²) in [6.45, 7) is 3.78. The van der Waals surface area contributed by atoms with Crippen LogP contribution in [0, 0.1) is 13.8 Å². The quantitative estimate of drug-likeness (QED) is 0.564.